The molecule has 1 heterocycles. The van der Waals surface area contributed by atoms with Gasteiger partial charge in [-0.2, -0.15) is 0 Å². The third-order valence-electron chi connectivity index (χ3n) is 7.73. The van der Waals surface area contributed by atoms with E-state index < -0.39 is 0 Å². The molecule has 0 fully saturated rings. The summed E-state index contributed by atoms with van der Waals surface area (Å²) in [5.41, 5.74) is 9.11. The number of fused-ring (bicyclic) bond motifs is 11. The molecule has 0 bridgehead atoms. The van der Waals surface area contributed by atoms with Crippen LogP contribution in [0.15, 0.2) is 115 Å². The van der Waals surface area contributed by atoms with Gasteiger partial charge < -0.3 is 0 Å². The molecule has 8 rings (SSSR count). The first kappa shape index (κ1) is 18.9. The van der Waals surface area contributed by atoms with Gasteiger partial charge in [-0.25, -0.2) is 0 Å². The van der Waals surface area contributed by atoms with Crippen molar-refractivity contribution in [2.24, 2.45) is 0 Å². The van der Waals surface area contributed by atoms with Gasteiger partial charge in [-0.05, 0) is 78.7 Å². The molecule has 0 saturated carbocycles. The molecule has 0 amide bonds. The van der Waals surface area contributed by atoms with Crippen LogP contribution in [0.5, 0.6) is 0 Å². The van der Waals surface area contributed by atoms with Gasteiger partial charge in [0.2, 0.25) is 0 Å². The van der Waals surface area contributed by atoms with Crippen molar-refractivity contribution in [1.29, 1.82) is 0 Å². The van der Waals surface area contributed by atoms with E-state index in [1.165, 1.54) is 71.1 Å². The topological polar surface area (TPSA) is 12.9 Å². The first-order chi connectivity index (χ1) is 17.4. The minimum absolute atomic E-state index is 0.948. The summed E-state index contributed by atoms with van der Waals surface area (Å²) in [6.07, 6.45) is 2.85. The summed E-state index contributed by atoms with van der Waals surface area (Å²) in [4.78, 5) is 4.76. The fraction of sp³-hybridized carbons (Fsp3) is 0.0294. The number of nitrogens with zero attached hydrogens (tertiary/aromatic N) is 1. The molecular formula is C34H21N. The highest BCUT2D eigenvalue weighted by molar-refractivity contribution is 6.25. The zero-order chi connectivity index (χ0) is 22.9. The average molecular weight is 444 g/mol. The molecular weight excluding hydrogens is 422 g/mol. The van der Waals surface area contributed by atoms with Crippen LogP contribution in [0, 0.1) is 0 Å². The highest BCUT2D eigenvalue weighted by Gasteiger charge is 2.24. The molecule has 6 aromatic carbocycles. The Morgan fingerprint density at radius 2 is 1.20 bits per heavy atom. The third-order valence-corrected chi connectivity index (χ3v) is 7.73. The van der Waals surface area contributed by atoms with Crippen molar-refractivity contribution in [3.63, 3.8) is 0 Å². The molecule has 1 aliphatic rings. The smallest absolute Gasteiger partial charge is 0.0783 e. The normalized spacial score (nSPS) is 12.5. The van der Waals surface area contributed by atoms with Gasteiger partial charge >= 0.3 is 0 Å². The lowest BCUT2D eigenvalue weighted by atomic mass is 9.90. The summed E-state index contributed by atoms with van der Waals surface area (Å²) in [6.45, 7) is 0. The maximum absolute atomic E-state index is 4.76. The summed E-state index contributed by atoms with van der Waals surface area (Å²) in [5, 5.41) is 9.10. The van der Waals surface area contributed by atoms with Gasteiger partial charge in [0.1, 0.15) is 0 Å². The summed E-state index contributed by atoms with van der Waals surface area (Å²) < 4.78 is 0. The molecule has 0 unspecified atom stereocenters. The molecule has 0 spiro atoms. The number of hydrogen-bond acceptors (Lipinski definition) is 1. The largest absolute Gasteiger partial charge is 0.256 e. The van der Waals surface area contributed by atoms with Gasteiger partial charge in [-0.1, -0.05) is 97.1 Å². The minimum atomic E-state index is 0.948. The Labute approximate surface area is 203 Å². The van der Waals surface area contributed by atoms with E-state index >= 15 is 0 Å². The Kier molecular flexibility index (Phi) is 3.78. The SMILES string of the molecule is c1cc(-c2ccc3c4ccccc4c4ccccc4c3c2)c2c(c1)-c1c(ccc3cccnc13)C2. The van der Waals surface area contributed by atoms with Gasteiger partial charge in [-0.15, -0.1) is 0 Å². The zero-order valence-electron chi connectivity index (χ0n) is 19.1. The Hall–Kier alpha value is -4.49. The number of pyridine rings is 1. The van der Waals surface area contributed by atoms with Crippen molar-refractivity contribution in [3.8, 4) is 22.3 Å². The van der Waals surface area contributed by atoms with E-state index in [2.05, 4.69) is 103 Å². The van der Waals surface area contributed by atoms with Gasteiger partial charge in [-0.3, -0.25) is 4.98 Å². The van der Waals surface area contributed by atoms with Crippen LogP contribution >= 0.6 is 0 Å². The standard InChI is InChI=1S/C34H21N/c1-2-10-27-25(8-1)26-9-3-4-11-28(26)32-19-22(16-17-29(27)32)24-12-5-13-30-31(24)20-23-15-14-21-7-6-18-35-34(21)33(23)30/h1-19H,20H2. The Balaban J connectivity index is 1.41. The van der Waals surface area contributed by atoms with Crippen LogP contribution in [0.4, 0.5) is 0 Å². The zero-order valence-corrected chi connectivity index (χ0v) is 19.1. The Morgan fingerprint density at radius 3 is 1.97 bits per heavy atom. The van der Waals surface area contributed by atoms with E-state index in [4.69, 9.17) is 4.98 Å². The molecule has 0 radical (unpaired) electrons. The number of aromatic nitrogens is 1. The average Bonchev–Trinajstić information content (AvgIpc) is 3.32. The highest BCUT2D eigenvalue weighted by atomic mass is 14.7. The maximum atomic E-state index is 4.76. The van der Waals surface area contributed by atoms with Crippen LogP contribution in [0.1, 0.15) is 11.1 Å². The van der Waals surface area contributed by atoms with Crippen molar-refractivity contribution in [1.82, 2.24) is 4.98 Å². The van der Waals surface area contributed by atoms with E-state index in [0.29, 0.717) is 0 Å². The molecule has 0 N–H and O–H groups in total. The molecule has 0 saturated heterocycles. The second-order valence-corrected chi connectivity index (χ2v) is 9.53. The number of benzene rings is 6. The second kappa shape index (κ2) is 7.01. The summed E-state index contributed by atoms with van der Waals surface area (Å²) in [6, 6.07) is 40.0. The van der Waals surface area contributed by atoms with Gasteiger partial charge in [0.05, 0.1) is 5.52 Å². The van der Waals surface area contributed by atoms with Crippen molar-refractivity contribution in [3.05, 3.63) is 127 Å². The predicted octanol–water partition coefficient (Wildman–Crippen LogP) is 8.93. The Bertz CT molecular complexity index is 1940. The lowest BCUT2D eigenvalue weighted by Gasteiger charge is -2.14. The van der Waals surface area contributed by atoms with E-state index in [1.54, 1.807) is 0 Å². The highest BCUT2D eigenvalue weighted by Crippen LogP contribution is 2.45. The second-order valence-electron chi connectivity index (χ2n) is 9.53. The molecule has 35 heavy (non-hydrogen) atoms. The van der Waals surface area contributed by atoms with Gasteiger partial charge in [0.15, 0.2) is 0 Å². The van der Waals surface area contributed by atoms with Crippen LogP contribution < -0.4 is 0 Å². The van der Waals surface area contributed by atoms with Crippen molar-refractivity contribution in [2.75, 3.05) is 0 Å². The quantitative estimate of drug-likeness (QED) is 0.231. The molecule has 0 aliphatic heterocycles. The monoisotopic (exact) mass is 443 g/mol. The number of hydrogen-bond donors (Lipinski definition) is 0. The minimum Gasteiger partial charge on any atom is -0.256 e. The third kappa shape index (κ3) is 2.61. The fourth-order valence-corrected chi connectivity index (χ4v) is 6.18. The molecule has 7 aromatic rings. The van der Waals surface area contributed by atoms with Crippen LogP contribution in [0.25, 0.3) is 65.5 Å². The van der Waals surface area contributed by atoms with Gasteiger partial charge in [0.25, 0.3) is 0 Å². The van der Waals surface area contributed by atoms with Crippen LogP contribution in [-0.2, 0) is 6.42 Å². The lowest BCUT2D eigenvalue weighted by Crippen LogP contribution is -1.89. The predicted molar refractivity (Wildman–Crippen MR) is 148 cm³/mol. The Morgan fingerprint density at radius 1 is 0.514 bits per heavy atom. The number of rotatable bonds is 1. The van der Waals surface area contributed by atoms with E-state index in [0.717, 1.165) is 11.9 Å². The molecule has 1 nitrogen and oxygen atoms in total. The lowest BCUT2D eigenvalue weighted by molar-refractivity contribution is 1.26. The molecule has 1 heteroatoms. The van der Waals surface area contributed by atoms with Crippen molar-refractivity contribution in [2.45, 2.75) is 6.42 Å². The van der Waals surface area contributed by atoms with Crippen LogP contribution in [-0.4, -0.2) is 4.98 Å². The molecule has 1 aromatic heterocycles. The van der Waals surface area contributed by atoms with Gasteiger partial charge in [0, 0.05) is 17.1 Å². The molecule has 0 atom stereocenters. The van der Waals surface area contributed by atoms with Crippen molar-refractivity contribution < 1.29 is 0 Å². The first-order valence-electron chi connectivity index (χ1n) is 12.2. The van der Waals surface area contributed by atoms with Crippen molar-refractivity contribution >= 4 is 43.2 Å². The van der Waals surface area contributed by atoms with E-state index in [-0.39, 0.29) is 0 Å². The fourth-order valence-electron chi connectivity index (χ4n) is 6.18. The maximum Gasteiger partial charge on any atom is 0.0783 e. The first-order valence-corrected chi connectivity index (χ1v) is 12.2. The van der Waals surface area contributed by atoms with Crippen LogP contribution in [0.2, 0.25) is 0 Å². The van der Waals surface area contributed by atoms with Crippen LogP contribution in [0.3, 0.4) is 0 Å². The summed E-state index contributed by atoms with van der Waals surface area (Å²) in [7, 11) is 0. The molecule has 162 valence electrons. The van der Waals surface area contributed by atoms with E-state index in [1.807, 2.05) is 12.3 Å². The summed E-state index contributed by atoms with van der Waals surface area (Å²) in [5.74, 6) is 0. The summed E-state index contributed by atoms with van der Waals surface area (Å²) >= 11 is 0. The molecule has 1 aliphatic carbocycles. The van der Waals surface area contributed by atoms with E-state index in [9.17, 15) is 0 Å².